The van der Waals surface area contributed by atoms with Crippen molar-refractivity contribution >= 4 is 22.6 Å². The largest absolute Gasteiger partial charge is 0.322 e. The van der Waals surface area contributed by atoms with Crippen LogP contribution >= 0.6 is 11.6 Å². The van der Waals surface area contributed by atoms with E-state index in [1.54, 1.807) is 4.68 Å². The van der Waals surface area contributed by atoms with Crippen molar-refractivity contribution < 1.29 is 0 Å². The number of hydrogen-bond acceptors (Lipinski definition) is 3. The lowest BCUT2D eigenvalue weighted by Crippen LogP contribution is -2.05. The number of benzene rings is 1. The van der Waals surface area contributed by atoms with Gasteiger partial charge >= 0.3 is 0 Å². The summed E-state index contributed by atoms with van der Waals surface area (Å²) in [6.45, 7) is 2.50. The van der Waals surface area contributed by atoms with E-state index >= 15 is 0 Å². The number of imidazole rings is 1. The first-order chi connectivity index (χ1) is 10.1. The Kier molecular flexibility index (Phi) is 3.40. The Morgan fingerprint density at radius 2 is 2.10 bits per heavy atom. The number of aryl methyl sites for hydroxylation is 2. The average molecular weight is 300 g/mol. The van der Waals surface area contributed by atoms with Crippen LogP contribution in [0.1, 0.15) is 17.1 Å². The van der Waals surface area contributed by atoms with Gasteiger partial charge in [0.2, 0.25) is 0 Å². The van der Waals surface area contributed by atoms with Gasteiger partial charge in [-0.25, -0.2) is 4.98 Å². The highest BCUT2D eigenvalue weighted by atomic mass is 35.5. The van der Waals surface area contributed by atoms with Crippen LogP contribution in [0.15, 0.2) is 24.3 Å². The monoisotopic (exact) mass is 299 g/mol. The maximum absolute atomic E-state index is 9.00. The van der Waals surface area contributed by atoms with Crippen LogP contribution in [0.25, 0.3) is 11.0 Å². The van der Waals surface area contributed by atoms with Gasteiger partial charge in [-0.05, 0) is 19.1 Å². The fourth-order valence-corrected chi connectivity index (χ4v) is 2.75. The Hall–Kier alpha value is -2.32. The molecule has 0 aliphatic heterocycles. The summed E-state index contributed by atoms with van der Waals surface area (Å²) in [6, 6.07) is 10.0. The third-order valence-corrected chi connectivity index (χ3v) is 4.03. The maximum Gasteiger partial charge on any atom is 0.131 e. The second-order valence-corrected chi connectivity index (χ2v) is 5.27. The topological polar surface area (TPSA) is 59.4 Å². The fraction of sp³-hybridized carbons (Fsp3) is 0.267. The quantitative estimate of drug-likeness (QED) is 0.747. The smallest absolute Gasteiger partial charge is 0.131 e. The van der Waals surface area contributed by atoms with Crippen LogP contribution in [-0.2, 0) is 20.0 Å². The van der Waals surface area contributed by atoms with Crippen molar-refractivity contribution in [2.45, 2.75) is 19.9 Å². The summed E-state index contributed by atoms with van der Waals surface area (Å²) in [4.78, 5) is 4.53. The highest BCUT2D eigenvalue weighted by Gasteiger charge is 2.16. The average Bonchev–Trinajstić information content (AvgIpc) is 2.92. The summed E-state index contributed by atoms with van der Waals surface area (Å²) in [5.41, 5.74) is 3.74. The second-order valence-electron chi connectivity index (χ2n) is 4.92. The summed E-state index contributed by atoms with van der Waals surface area (Å²) < 4.78 is 3.70. The number of halogens is 1. The third kappa shape index (κ3) is 2.28. The zero-order valence-corrected chi connectivity index (χ0v) is 12.6. The molecule has 2 heterocycles. The molecule has 0 bridgehead atoms. The Balaban J connectivity index is 2.15. The van der Waals surface area contributed by atoms with Crippen LogP contribution in [-0.4, -0.2) is 19.3 Å². The number of aromatic nitrogens is 4. The normalized spacial score (nSPS) is 11.0. The highest BCUT2D eigenvalue weighted by molar-refractivity contribution is 6.30. The van der Waals surface area contributed by atoms with Crippen LogP contribution in [0.4, 0.5) is 0 Å². The highest BCUT2D eigenvalue weighted by Crippen LogP contribution is 2.24. The summed E-state index contributed by atoms with van der Waals surface area (Å²) >= 11 is 6.31. The van der Waals surface area contributed by atoms with E-state index in [0.29, 0.717) is 11.7 Å². The molecule has 3 rings (SSSR count). The van der Waals surface area contributed by atoms with Crippen molar-refractivity contribution in [2.75, 3.05) is 0 Å². The van der Waals surface area contributed by atoms with Crippen LogP contribution in [0.5, 0.6) is 0 Å². The van der Waals surface area contributed by atoms with Crippen LogP contribution in [0, 0.1) is 18.3 Å². The van der Waals surface area contributed by atoms with Gasteiger partial charge in [0.05, 0.1) is 35.8 Å². The SMILES string of the molecule is Cc1nn(C)c(Cl)c1Cn1c(CC#N)nc2ccccc21. The van der Waals surface area contributed by atoms with E-state index in [1.807, 2.05) is 42.8 Å². The van der Waals surface area contributed by atoms with Gasteiger partial charge < -0.3 is 4.57 Å². The first-order valence-electron chi connectivity index (χ1n) is 6.61. The first kappa shape index (κ1) is 13.7. The molecular weight excluding hydrogens is 286 g/mol. The predicted octanol–water partition coefficient (Wildman–Crippen LogP) is 2.85. The van der Waals surface area contributed by atoms with Crippen molar-refractivity contribution in [3.05, 3.63) is 46.5 Å². The van der Waals surface area contributed by atoms with E-state index in [-0.39, 0.29) is 6.42 Å². The number of fused-ring (bicyclic) bond motifs is 1. The van der Waals surface area contributed by atoms with Crippen molar-refractivity contribution in [1.82, 2.24) is 19.3 Å². The molecule has 0 saturated carbocycles. The van der Waals surface area contributed by atoms with Crippen LogP contribution in [0.3, 0.4) is 0 Å². The lowest BCUT2D eigenvalue weighted by molar-refractivity contribution is 0.754. The van der Waals surface area contributed by atoms with Gasteiger partial charge in [-0.15, -0.1) is 0 Å². The van der Waals surface area contributed by atoms with Crippen molar-refractivity contribution in [3.8, 4) is 6.07 Å². The van der Waals surface area contributed by atoms with E-state index in [9.17, 15) is 0 Å². The molecule has 3 aromatic rings. The van der Waals surface area contributed by atoms with Crippen molar-refractivity contribution in [1.29, 1.82) is 5.26 Å². The number of hydrogen-bond donors (Lipinski definition) is 0. The lowest BCUT2D eigenvalue weighted by Gasteiger charge is -2.07. The number of nitrogens with zero attached hydrogens (tertiary/aromatic N) is 5. The Labute approximate surface area is 127 Å². The van der Waals surface area contributed by atoms with E-state index in [1.165, 1.54) is 0 Å². The summed E-state index contributed by atoms with van der Waals surface area (Å²) in [7, 11) is 1.82. The molecule has 0 fully saturated rings. The molecule has 5 nitrogen and oxygen atoms in total. The first-order valence-corrected chi connectivity index (χ1v) is 6.98. The Morgan fingerprint density at radius 3 is 2.76 bits per heavy atom. The molecule has 1 aromatic carbocycles. The molecular formula is C15H14ClN5. The zero-order valence-electron chi connectivity index (χ0n) is 11.8. The molecule has 6 heteroatoms. The van der Waals surface area contributed by atoms with Crippen molar-refractivity contribution in [3.63, 3.8) is 0 Å². The molecule has 0 aliphatic carbocycles. The molecule has 106 valence electrons. The standard InChI is InChI=1S/C15H14ClN5/c1-10-11(15(16)20(2)19-10)9-21-13-6-4-3-5-12(13)18-14(21)7-8-17/h3-6H,7,9H2,1-2H3. The van der Waals surface area contributed by atoms with Gasteiger partial charge in [0, 0.05) is 12.6 Å². The molecule has 0 N–H and O–H groups in total. The van der Waals surface area contributed by atoms with Gasteiger partial charge in [0.25, 0.3) is 0 Å². The molecule has 2 aromatic heterocycles. The lowest BCUT2D eigenvalue weighted by atomic mass is 10.2. The summed E-state index contributed by atoms with van der Waals surface area (Å²) in [5, 5.41) is 14.0. The Bertz CT molecular complexity index is 853. The van der Waals surface area contributed by atoms with Gasteiger partial charge in [-0.2, -0.15) is 10.4 Å². The summed E-state index contributed by atoms with van der Waals surface area (Å²) in [5.74, 6) is 0.748. The minimum Gasteiger partial charge on any atom is -0.322 e. The van der Waals surface area contributed by atoms with Crippen LogP contribution in [0.2, 0.25) is 5.15 Å². The maximum atomic E-state index is 9.00. The zero-order chi connectivity index (χ0) is 15.0. The molecule has 0 aliphatic rings. The molecule has 0 saturated heterocycles. The molecule has 0 unspecified atom stereocenters. The number of para-hydroxylation sites is 2. The molecule has 0 radical (unpaired) electrons. The minimum atomic E-state index is 0.269. The van der Waals surface area contributed by atoms with Crippen molar-refractivity contribution in [2.24, 2.45) is 7.05 Å². The Morgan fingerprint density at radius 1 is 1.33 bits per heavy atom. The predicted molar refractivity (Wildman–Crippen MR) is 81.1 cm³/mol. The van der Waals surface area contributed by atoms with E-state index in [2.05, 4.69) is 16.2 Å². The number of rotatable bonds is 3. The van der Waals surface area contributed by atoms with Gasteiger partial charge in [0.1, 0.15) is 11.0 Å². The molecule has 0 atom stereocenters. The van der Waals surface area contributed by atoms with E-state index < -0.39 is 0 Å². The van der Waals surface area contributed by atoms with Gasteiger partial charge in [-0.1, -0.05) is 23.7 Å². The molecule has 21 heavy (non-hydrogen) atoms. The van der Waals surface area contributed by atoms with Gasteiger partial charge in [0.15, 0.2) is 0 Å². The second kappa shape index (κ2) is 5.23. The minimum absolute atomic E-state index is 0.269. The van der Waals surface area contributed by atoms with E-state index in [0.717, 1.165) is 28.1 Å². The van der Waals surface area contributed by atoms with Crippen LogP contribution < -0.4 is 0 Å². The fourth-order valence-electron chi connectivity index (χ4n) is 2.52. The summed E-state index contributed by atoms with van der Waals surface area (Å²) in [6.07, 6.45) is 0.269. The molecule has 0 amide bonds. The van der Waals surface area contributed by atoms with Gasteiger partial charge in [-0.3, -0.25) is 4.68 Å². The number of nitriles is 1. The third-order valence-electron chi connectivity index (χ3n) is 3.56. The molecule has 0 spiro atoms. The van der Waals surface area contributed by atoms with E-state index in [4.69, 9.17) is 16.9 Å².